The first-order valence-electron chi connectivity index (χ1n) is 14.0. The highest BCUT2D eigenvalue weighted by atomic mass is 16.5. The van der Waals surface area contributed by atoms with E-state index in [1.54, 1.807) is 64.6 Å². The normalized spacial score (nSPS) is 16.5. The molecule has 2 heterocycles. The van der Waals surface area contributed by atoms with Gasteiger partial charge in [-0.2, -0.15) is 0 Å². The zero-order valence-electron chi connectivity index (χ0n) is 25.0. The predicted octanol–water partition coefficient (Wildman–Crippen LogP) is 3.10. The Labute approximate surface area is 255 Å². The Morgan fingerprint density at radius 1 is 0.773 bits per heavy atom. The minimum atomic E-state index is -0.823. The van der Waals surface area contributed by atoms with E-state index in [1.807, 2.05) is 30.3 Å². The van der Waals surface area contributed by atoms with E-state index >= 15 is 0 Å². The number of carbonyl (C=O) groups is 5. The number of ether oxygens (including phenoxy) is 1. The zero-order chi connectivity index (χ0) is 32.0. The number of nitrogen functional groups attached to an aromatic ring is 1. The van der Waals surface area contributed by atoms with Crippen LogP contribution in [0.3, 0.4) is 0 Å². The minimum Gasteiger partial charge on any atom is -0.444 e. The van der Waals surface area contributed by atoms with Crippen molar-refractivity contribution in [3.8, 4) is 0 Å². The number of nitrogens with one attached hydrogen (secondary N) is 3. The van der Waals surface area contributed by atoms with Crippen LogP contribution in [0, 0.1) is 11.8 Å². The first-order chi connectivity index (χ1) is 21.0. The summed E-state index contributed by atoms with van der Waals surface area (Å²) in [6.07, 6.45) is -0.0160. The lowest BCUT2D eigenvalue weighted by Gasteiger charge is -2.27. The first-order valence-corrected chi connectivity index (χ1v) is 14.0. The van der Waals surface area contributed by atoms with Gasteiger partial charge in [-0.25, -0.2) is 4.79 Å². The maximum Gasteiger partial charge on any atom is 0.411 e. The van der Waals surface area contributed by atoms with E-state index in [0.29, 0.717) is 34.7 Å². The van der Waals surface area contributed by atoms with Crippen LogP contribution in [0.25, 0.3) is 0 Å². The van der Waals surface area contributed by atoms with Crippen molar-refractivity contribution in [2.45, 2.75) is 19.4 Å². The van der Waals surface area contributed by atoms with E-state index in [4.69, 9.17) is 10.5 Å². The highest BCUT2D eigenvalue weighted by Crippen LogP contribution is 2.33. The lowest BCUT2D eigenvalue weighted by Crippen LogP contribution is -2.41. The summed E-state index contributed by atoms with van der Waals surface area (Å²) < 4.78 is 5.24. The van der Waals surface area contributed by atoms with Gasteiger partial charge in [-0.05, 0) is 48.2 Å². The molecule has 0 radical (unpaired) electrons. The van der Waals surface area contributed by atoms with Crippen molar-refractivity contribution >= 4 is 52.5 Å². The molecule has 2 aliphatic heterocycles. The molecule has 230 valence electrons. The van der Waals surface area contributed by atoms with Crippen LogP contribution in [0.15, 0.2) is 66.7 Å². The third-order valence-corrected chi connectivity index (χ3v) is 7.28. The number of carbonyl (C=O) groups excluding carboxylic acids is 5. The van der Waals surface area contributed by atoms with E-state index < -0.39 is 17.9 Å². The molecular formula is C32H36N6O6. The summed E-state index contributed by atoms with van der Waals surface area (Å²) in [5.41, 5.74) is 10.7. The van der Waals surface area contributed by atoms with Crippen molar-refractivity contribution in [3.05, 3.63) is 83.4 Å². The van der Waals surface area contributed by atoms with Crippen LogP contribution >= 0.6 is 0 Å². The van der Waals surface area contributed by atoms with Crippen molar-refractivity contribution in [2.24, 2.45) is 11.8 Å². The second-order valence-electron chi connectivity index (χ2n) is 10.8. The monoisotopic (exact) mass is 600 g/mol. The highest BCUT2D eigenvalue weighted by Gasteiger charge is 2.35. The summed E-state index contributed by atoms with van der Waals surface area (Å²) in [5.74, 6) is -2.58. The van der Waals surface area contributed by atoms with Crippen molar-refractivity contribution in [2.75, 3.05) is 49.9 Å². The SMILES string of the molecule is CN(C)C(=O)C1Cc2c(N)cccc2NC1=O.CN(C)C(=O)C1Cc2c(NC(=O)OCc3ccccc3)cccc2NC1=O. The minimum absolute atomic E-state index is 0.153. The smallest absolute Gasteiger partial charge is 0.411 e. The molecule has 0 saturated heterocycles. The number of fused-ring (bicyclic) bond motifs is 2. The second-order valence-corrected chi connectivity index (χ2v) is 10.8. The lowest BCUT2D eigenvalue weighted by atomic mass is 9.91. The molecule has 0 aromatic heterocycles. The lowest BCUT2D eigenvalue weighted by molar-refractivity contribution is -0.140. The molecule has 44 heavy (non-hydrogen) atoms. The molecule has 12 nitrogen and oxygen atoms in total. The molecule has 3 aromatic rings. The maximum absolute atomic E-state index is 12.3. The molecule has 2 unspecified atom stereocenters. The van der Waals surface area contributed by atoms with Crippen LogP contribution in [0.2, 0.25) is 0 Å². The summed E-state index contributed by atoms with van der Waals surface area (Å²) in [7, 11) is 6.49. The highest BCUT2D eigenvalue weighted by molar-refractivity contribution is 6.10. The fourth-order valence-electron chi connectivity index (χ4n) is 4.92. The molecule has 0 spiro atoms. The van der Waals surface area contributed by atoms with Gasteiger partial charge in [0.05, 0.1) is 0 Å². The number of rotatable bonds is 5. The third kappa shape index (κ3) is 7.33. The van der Waals surface area contributed by atoms with Gasteiger partial charge in [0.2, 0.25) is 23.6 Å². The summed E-state index contributed by atoms with van der Waals surface area (Å²) in [6.45, 7) is 0.153. The summed E-state index contributed by atoms with van der Waals surface area (Å²) in [6, 6.07) is 19.9. The Bertz CT molecular complexity index is 1570. The van der Waals surface area contributed by atoms with Gasteiger partial charge in [0.1, 0.15) is 18.4 Å². The Morgan fingerprint density at radius 3 is 1.86 bits per heavy atom. The molecule has 0 saturated carbocycles. The fraction of sp³-hybridized carbons (Fsp3) is 0.281. The van der Waals surface area contributed by atoms with Gasteiger partial charge < -0.3 is 30.9 Å². The van der Waals surface area contributed by atoms with E-state index in [9.17, 15) is 24.0 Å². The van der Waals surface area contributed by atoms with Gasteiger partial charge in [-0.15, -0.1) is 0 Å². The van der Waals surface area contributed by atoms with Crippen LogP contribution in [-0.4, -0.2) is 67.7 Å². The van der Waals surface area contributed by atoms with E-state index in [0.717, 1.165) is 11.1 Å². The largest absolute Gasteiger partial charge is 0.444 e. The molecule has 0 aliphatic carbocycles. The topological polar surface area (TPSA) is 163 Å². The van der Waals surface area contributed by atoms with Gasteiger partial charge in [0, 0.05) is 56.5 Å². The average Bonchev–Trinajstić information content (AvgIpc) is 3.00. The molecule has 0 fully saturated rings. The number of nitrogens with zero attached hydrogens (tertiary/aromatic N) is 2. The zero-order valence-corrected chi connectivity index (χ0v) is 25.0. The van der Waals surface area contributed by atoms with Crippen LogP contribution in [0.1, 0.15) is 16.7 Å². The Kier molecular flexibility index (Phi) is 9.84. The van der Waals surface area contributed by atoms with Gasteiger partial charge >= 0.3 is 6.09 Å². The third-order valence-electron chi connectivity index (χ3n) is 7.28. The molecule has 0 bridgehead atoms. The van der Waals surface area contributed by atoms with Gasteiger partial charge in [0.15, 0.2) is 0 Å². The molecule has 5 N–H and O–H groups in total. The molecule has 2 atom stereocenters. The van der Waals surface area contributed by atoms with Gasteiger partial charge in [0.25, 0.3) is 0 Å². The summed E-state index contributed by atoms with van der Waals surface area (Å²) >= 11 is 0. The fourth-order valence-corrected chi connectivity index (χ4v) is 4.92. The van der Waals surface area contributed by atoms with Crippen molar-refractivity contribution in [1.82, 2.24) is 9.80 Å². The average molecular weight is 601 g/mol. The van der Waals surface area contributed by atoms with Crippen LogP contribution in [-0.2, 0) is 43.4 Å². The van der Waals surface area contributed by atoms with Crippen LogP contribution in [0.5, 0.6) is 0 Å². The van der Waals surface area contributed by atoms with Crippen molar-refractivity contribution in [3.63, 3.8) is 0 Å². The van der Waals surface area contributed by atoms with Crippen molar-refractivity contribution < 1.29 is 28.7 Å². The second kappa shape index (κ2) is 13.7. The quantitative estimate of drug-likeness (QED) is 0.258. The number of benzene rings is 3. The van der Waals surface area contributed by atoms with E-state index in [2.05, 4.69) is 16.0 Å². The summed E-state index contributed by atoms with van der Waals surface area (Å²) in [5, 5.41) is 8.17. The predicted molar refractivity (Wildman–Crippen MR) is 167 cm³/mol. The molecule has 5 amide bonds. The Morgan fingerprint density at radius 2 is 1.30 bits per heavy atom. The van der Waals surface area contributed by atoms with Crippen LogP contribution < -0.4 is 21.7 Å². The number of anilines is 4. The first kappa shape index (κ1) is 31.5. The van der Waals surface area contributed by atoms with Crippen molar-refractivity contribution in [1.29, 1.82) is 0 Å². The Balaban J connectivity index is 0.000000223. The molecular weight excluding hydrogens is 564 g/mol. The Hall–Kier alpha value is -5.39. The molecule has 12 heteroatoms. The number of amides is 5. The molecule has 5 rings (SSSR count). The number of nitrogens with two attached hydrogens (primary N) is 1. The summed E-state index contributed by atoms with van der Waals surface area (Å²) in [4.78, 5) is 63.1. The molecule has 3 aromatic carbocycles. The van der Waals surface area contributed by atoms with E-state index in [-0.39, 0.29) is 36.7 Å². The van der Waals surface area contributed by atoms with Crippen LogP contribution in [0.4, 0.5) is 27.5 Å². The molecule has 2 aliphatic rings. The standard InChI is InChI=1S/C20H21N3O4.C12H15N3O2/c1-23(2)19(25)15-11-14-16(21-18(15)24)9-6-10-17(14)22-20(26)27-12-13-7-4-3-5-8-13;1-15(2)12(17)8-6-7-9(13)4-3-5-10(7)14-11(8)16/h3-10,15H,11-12H2,1-2H3,(H,21,24)(H,22,26);3-5,8H,6,13H2,1-2H3,(H,14,16). The maximum atomic E-state index is 12.3. The van der Waals surface area contributed by atoms with E-state index in [1.165, 1.54) is 9.80 Å². The van der Waals surface area contributed by atoms with Gasteiger partial charge in [-0.3, -0.25) is 24.5 Å². The number of hydrogen-bond acceptors (Lipinski definition) is 7. The van der Waals surface area contributed by atoms with Gasteiger partial charge in [-0.1, -0.05) is 42.5 Å². The number of hydrogen-bond donors (Lipinski definition) is 4.